The van der Waals surface area contributed by atoms with E-state index in [0.29, 0.717) is 23.0 Å². The summed E-state index contributed by atoms with van der Waals surface area (Å²) in [7, 11) is 0. The Kier molecular flexibility index (Phi) is 7.99. The van der Waals surface area contributed by atoms with Gasteiger partial charge < -0.3 is 0 Å². The molecule has 4 nitrogen and oxygen atoms in total. The Morgan fingerprint density at radius 1 is 0.362 bits per heavy atom. The molecule has 1 aliphatic heterocycles. The lowest BCUT2D eigenvalue weighted by Gasteiger charge is -2.40. The maximum Gasteiger partial charge on any atom is 0.164 e. The predicted octanol–water partition coefficient (Wildman–Crippen LogP) is 12.9. The molecule has 1 spiro atoms. The standard InChI is InChI=1S/C53H32N4S/c54-33-34-22-28-46-48(30-34)58-49-32-40(27-29-47(49)53(46)44-20-9-7-18-42(44)43-19-8-10-21-45(43)53)39-16-11-17-41(31-39)52-56-50(37-14-5-2-6-15-37)55-51(57-52)38-25-23-36(24-26-38)35-12-3-1-4-13-35/h1-32H. The van der Waals surface area contributed by atoms with E-state index in [9.17, 15) is 5.26 Å². The molecule has 11 rings (SSSR count). The summed E-state index contributed by atoms with van der Waals surface area (Å²) in [5.41, 5.74) is 14.9. The van der Waals surface area contributed by atoms with Crippen LogP contribution in [0, 0.1) is 11.3 Å². The molecule has 0 unspecified atom stereocenters. The van der Waals surface area contributed by atoms with Gasteiger partial charge in [0.2, 0.25) is 0 Å². The monoisotopic (exact) mass is 756 g/mol. The van der Waals surface area contributed by atoms with Gasteiger partial charge in [-0.25, -0.2) is 15.0 Å². The molecule has 0 bridgehead atoms. The summed E-state index contributed by atoms with van der Waals surface area (Å²) in [5.74, 6) is 1.86. The van der Waals surface area contributed by atoms with E-state index in [1.54, 1.807) is 11.8 Å². The molecular formula is C53H32N4S. The van der Waals surface area contributed by atoms with E-state index in [2.05, 4.69) is 158 Å². The average molecular weight is 757 g/mol. The summed E-state index contributed by atoms with van der Waals surface area (Å²) in [6, 6.07) is 70.4. The number of hydrogen-bond donors (Lipinski definition) is 0. The summed E-state index contributed by atoms with van der Waals surface area (Å²) >= 11 is 1.75. The van der Waals surface area contributed by atoms with Crippen LogP contribution in [0.1, 0.15) is 27.8 Å². The molecule has 8 aromatic carbocycles. The molecule has 2 aliphatic rings. The molecule has 0 atom stereocenters. The predicted molar refractivity (Wildman–Crippen MR) is 233 cm³/mol. The molecule has 0 saturated carbocycles. The minimum Gasteiger partial charge on any atom is -0.208 e. The number of fused-ring (bicyclic) bond motifs is 9. The zero-order valence-electron chi connectivity index (χ0n) is 31.2. The van der Waals surface area contributed by atoms with Gasteiger partial charge in [0.15, 0.2) is 17.5 Å². The Labute approximate surface area is 341 Å². The van der Waals surface area contributed by atoms with Crippen LogP contribution in [-0.4, -0.2) is 15.0 Å². The second-order valence-corrected chi connectivity index (χ2v) is 15.8. The Bertz CT molecular complexity index is 3050. The third-order valence-corrected chi connectivity index (χ3v) is 12.6. The van der Waals surface area contributed by atoms with Crippen LogP contribution < -0.4 is 0 Å². The van der Waals surface area contributed by atoms with E-state index < -0.39 is 5.41 Å². The molecule has 0 amide bonds. The van der Waals surface area contributed by atoms with Crippen molar-refractivity contribution in [2.45, 2.75) is 15.2 Å². The number of rotatable bonds is 5. The van der Waals surface area contributed by atoms with Crippen molar-refractivity contribution in [3.05, 3.63) is 222 Å². The maximum atomic E-state index is 9.96. The highest BCUT2D eigenvalue weighted by atomic mass is 32.2. The highest BCUT2D eigenvalue weighted by Crippen LogP contribution is 2.62. The first kappa shape index (κ1) is 33.9. The fourth-order valence-corrected chi connectivity index (χ4v) is 10.1. The topological polar surface area (TPSA) is 62.5 Å². The Morgan fingerprint density at radius 2 is 0.810 bits per heavy atom. The molecule has 9 aromatic rings. The molecule has 270 valence electrons. The normalized spacial score (nSPS) is 12.9. The second kappa shape index (κ2) is 13.7. The smallest absolute Gasteiger partial charge is 0.164 e. The van der Waals surface area contributed by atoms with Gasteiger partial charge in [0.05, 0.1) is 17.0 Å². The molecular weight excluding hydrogens is 725 g/mol. The van der Waals surface area contributed by atoms with Gasteiger partial charge in [0.1, 0.15) is 0 Å². The van der Waals surface area contributed by atoms with Gasteiger partial charge in [-0.05, 0) is 79.9 Å². The summed E-state index contributed by atoms with van der Waals surface area (Å²) in [6.07, 6.45) is 0. The van der Waals surface area contributed by atoms with Crippen LogP contribution in [0.15, 0.2) is 204 Å². The van der Waals surface area contributed by atoms with E-state index in [-0.39, 0.29) is 0 Å². The molecule has 0 N–H and O–H groups in total. The van der Waals surface area contributed by atoms with Crippen molar-refractivity contribution < 1.29 is 0 Å². The second-order valence-electron chi connectivity index (χ2n) is 14.7. The first-order valence-corrected chi connectivity index (χ1v) is 20.1. The Balaban J connectivity index is 1.03. The van der Waals surface area contributed by atoms with Gasteiger partial charge in [-0.15, -0.1) is 0 Å². The number of hydrogen-bond acceptors (Lipinski definition) is 5. The zero-order valence-corrected chi connectivity index (χ0v) is 32.0. The minimum absolute atomic E-state index is 0.508. The number of nitrogens with zero attached hydrogens (tertiary/aromatic N) is 4. The summed E-state index contributed by atoms with van der Waals surface area (Å²) in [4.78, 5) is 17.4. The van der Waals surface area contributed by atoms with Gasteiger partial charge in [-0.2, -0.15) is 5.26 Å². The zero-order chi connectivity index (χ0) is 38.6. The number of benzene rings is 8. The Hall–Kier alpha value is -7.39. The van der Waals surface area contributed by atoms with Crippen molar-refractivity contribution in [2.24, 2.45) is 0 Å². The highest BCUT2D eigenvalue weighted by molar-refractivity contribution is 7.99. The fraction of sp³-hybridized carbons (Fsp3) is 0.0189. The molecule has 1 aromatic heterocycles. The van der Waals surface area contributed by atoms with E-state index in [0.717, 1.165) is 43.8 Å². The van der Waals surface area contributed by atoms with E-state index >= 15 is 0 Å². The molecule has 58 heavy (non-hydrogen) atoms. The van der Waals surface area contributed by atoms with Crippen LogP contribution in [0.5, 0.6) is 0 Å². The number of aromatic nitrogens is 3. The lowest BCUT2D eigenvalue weighted by atomic mass is 9.67. The molecule has 5 heteroatoms. The molecule has 2 heterocycles. The minimum atomic E-state index is -0.508. The van der Waals surface area contributed by atoms with E-state index in [1.807, 2.05) is 42.5 Å². The van der Waals surface area contributed by atoms with Gasteiger partial charge in [0.25, 0.3) is 0 Å². The number of nitriles is 1. The van der Waals surface area contributed by atoms with Gasteiger partial charge in [-0.1, -0.05) is 182 Å². The van der Waals surface area contributed by atoms with Crippen molar-refractivity contribution >= 4 is 11.8 Å². The lowest BCUT2D eigenvalue weighted by Crippen LogP contribution is -2.32. The first-order valence-electron chi connectivity index (χ1n) is 19.3. The molecule has 0 fully saturated rings. The molecule has 1 aliphatic carbocycles. The first-order chi connectivity index (χ1) is 28.7. The summed E-state index contributed by atoms with van der Waals surface area (Å²) in [6.45, 7) is 0. The van der Waals surface area contributed by atoms with Crippen LogP contribution in [0.25, 0.3) is 67.5 Å². The van der Waals surface area contributed by atoms with Crippen LogP contribution in [-0.2, 0) is 5.41 Å². The fourth-order valence-electron chi connectivity index (χ4n) is 8.79. The van der Waals surface area contributed by atoms with Crippen LogP contribution in [0.2, 0.25) is 0 Å². The maximum absolute atomic E-state index is 9.96. The van der Waals surface area contributed by atoms with Gasteiger partial charge in [0, 0.05) is 26.5 Å². The lowest BCUT2D eigenvalue weighted by molar-refractivity contribution is 0.722. The largest absolute Gasteiger partial charge is 0.208 e. The van der Waals surface area contributed by atoms with Crippen molar-refractivity contribution in [1.29, 1.82) is 5.26 Å². The molecule has 0 radical (unpaired) electrons. The van der Waals surface area contributed by atoms with Crippen LogP contribution in [0.4, 0.5) is 0 Å². The van der Waals surface area contributed by atoms with Crippen LogP contribution in [0.3, 0.4) is 0 Å². The summed E-state index contributed by atoms with van der Waals surface area (Å²) in [5, 5.41) is 9.96. The summed E-state index contributed by atoms with van der Waals surface area (Å²) < 4.78 is 0. The average Bonchev–Trinajstić information content (AvgIpc) is 3.59. The van der Waals surface area contributed by atoms with Crippen LogP contribution >= 0.6 is 11.8 Å². The van der Waals surface area contributed by atoms with E-state index in [4.69, 9.17) is 15.0 Å². The SMILES string of the molecule is N#Cc1ccc2c(c1)Sc1cc(-c3cccc(-c4nc(-c5ccccc5)nc(-c5ccc(-c6ccccc6)cc5)n4)c3)ccc1C21c2ccccc2-c2ccccc21. The van der Waals surface area contributed by atoms with Crippen molar-refractivity contribution in [3.8, 4) is 73.6 Å². The van der Waals surface area contributed by atoms with Crippen molar-refractivity contribution in [1.82, 2.24) is 15.0 Å². The third kappa shape index (κ3) is 5.42. The quantitative estimate of drug-likeness (QED) is 0.175. The van der Waals surface area contributed by atoms with Gasteiger partial charge >= 0.3 is 0 Å². The van der Waals surface area contributed by atoms with Crippen molar-refractivity contribution in [2.75, 3.05) is 0 Å². The van der Waals surface area contributed by atoms with E-state index in [1.165, 1.54) is 38.3 Å². The van der Waals surface area contributed by atoms with Crippen molar-refractivity contribution in [3.63, 3.8) is 0 Å². The third-order valence-electron chi connectivity index (χ3n) is 11.4. The molecule has 0 saturated heterocycles. The highest BCUT2D eigenvalue weighted by Gasteiger charge is 2.50. The Morgan fingerprint density at radius 3 is 1.47 bits per heavy atom. The van der Waals surface area contributed by atoms with Gasteiger partial charge in [-0.3, -0.25) is 0 Å².